The first-order chi connectivity index (χ1) is 12.1. The van der Waals surface area contributed by atoms with Crippen molar-refractivity contribution in [1.82, 2.24) is 16.0 Å². The highest BCUT2D eigenvalue weighted by molar-refractivity contribution is 7.08. The van der Waals surface area contributed by atoms with E-state index in [1.807, 2.05) is 0 Å². The molecule has 0 aliphatic heterocycles. The number of amides is 3. The van der Waals surface area contributed by atoms with Gasteiger partial charge in [-0.25, -0.2) is 4.39 Å². The predicted octanol–water partition coefficient (Wildman–Crippen LogP) is 1.55. The summed E-state index contributed by atoms with van der Waals surface area (Å²) in [5.74, 6) is -1.59. The van der Waals surface area contributed by atoms with Crippen molar-refractivity contribution < 1.29 is 18.8 Å². The number of carbonyl (C=O) groups is 3. The van der Waals surface area contributed by atoms with Crippen LogP contribution in [0.25, 0.3) is 0 Å². The van der Waals surface area contributed by atoms with Gasteiger partial charge in [0.25, 0.3) is 11.8 Å². The summed E-state index contributed by atoms with van der Waals surface area (Å²) in [5.41, 5.74) is 0.534. The normalized spacial score (nSPS) is 10.1. The lowest BCUT2D eigenvalue weighted by atomic mass is 10.2. The number of thiophene rings is 1. The smallest absolute Gasteiger partial charge is 0.254 e. The Balaban J connectivity index is 1.58. The molecule has 2 aromatic rings. The summed E-state index contributed by atoms with van der Waals surface area (Å²) in [6.07, 6.45) is 0.136. The Bertz CT molecular complexity index is 734. The van der Waals surface area contributed by atoms with Crippen molar-refractivity contribution in [3.05, 3.63) is 58.0 Å². The van der Waals surface area contributed by atoms with E-state index >= 15 is 0 Å². The quantitative estimate of drug-likeness (QED) is 0.622. The molecule has 0 atom stereocenters. The van der Waals surface area contributed by atoms with Crippen LogP contribution in [-0.4, -0.2) is 37.4 Å². The monoisotopic (exact) mass is 363 g/mol. The summed E-state index contributed by atoms with van der Waals surface area (Å²) in [6, 6.07) is 7.38. The zero-order valence-electron chi connectivity index (χ0n) is 13.4. The molecular formula is C17H18FN3O3S. The maximum absolute atomic E-state index is 13.4. The number of halogens is 1. The third-order valence-electron chi connectivity index (χ3n) is 3.27. The fourth-order valence-electron chi connectivity index (χ4n) is 1.99. The van der Waals surface area contributed by atoms with Crippen LogP contribution in [0.2, 0.25) is 0 Å². The van der Waals surface area contributed by atoms with Crippen molar-refractivity contribution >= 4 is 29.1 Å². The van der Waals surface area contributed by atoms with Gasteiger partial charge >= 0.3 is 0 Å². The largest absolute Gasteiger partial charge is 0.354 e. The van der Waals surface area contributed by atoms with Gasteiger partial charge in [0, 0.05) is 37.0 Å². The van der Waals surface area contributed by atoms with E-state index in [9.17, 15) is 18.8 Å². The number of nitrogens with one attached hydrogen (secondary N) is 3. The zero-order chi connectivity index (χ0) is 18.1. The second kappa shape index (κ2) is 9.53. The minimum absolute atomic E-state index is 0.0371. The second-order valence-corrected chi connectivity index (χ2v) is 5.88. The van der Waals surface area contributed by atoms with Crippen molar-refractivity contribution in [2.24, 2.45) is 0 Å². The van der Waals surface area contributed by atoms with Crippen LogP contribution < -0.4 is 16.0 Å². The molecule has 0 aliphatic carbocycles. The van der Waals surface area contributed by atoms with E-state index in [0.29, 0.717) is 5.56 Å². The first kappa shape index (κ1) is 18.6. The van der Waals surface area contributed by atoms with E-state index in [-0.39, 0.29) is 43.4 Å². The molecule has 0 unspecified atom stereocenters. The number of hydrogen-bond acceptors (Lipinski definition) is 4. The number of hydrogen-bond donors (Lipinski definition) is 3. The Labute approximate surface area is 148 Å². The Hall–Kier alpha value is -2.74. The maximum Gasteiger partial charge on any atom is 0.254 e. The number of benzene rings is 1. The van der Waals surface area contributed by atoms with Gasteiger partial charge in [0.1, 0.15) is 5.82 Å². The molecule has 1 aromatic heterocycles. The van der Waals surface area contributed by atoms with E-state index in [1.165, 1.54) is 29.5 Å². The molecule has 0 radical (unpaired) electrons. The topological polar surface area (TPSA) is 87.3 Å². The lowest BCUT2D eigenvalue weighted by molar-refractivity contribution is -0.120. The number of rotatable bonds is 8. The van der Waals surface area contributed by atoms with Crippen LogP contribution in [0.1, 0.15) is 27.1 Å². The van der Waals surface area contributed by atoms with Crippen molar-refractivity contribution in [2.75, 3.05) is 19.6 Å². The average Bonchev–Trinajstić information content (AvgIpc) is 3.13. The van der Waals surface area contributed by atoms with Gasteiger partial charge in [-0.15, -0.1) is 0 Å². The lowest BCUT2D eigenvalue weighted by Gasteiger charge is -2.08. The first-order valence-electron chi connectivity index (χ1n) is 7.68. The summed E-state index contributed by atoms with van der Waals surface area (Å²) in [6.45, 7) is 0.625. The minimum Gasteiger partial charge on any atom is -0.354 e. The van der Waals surface area contributed by atoms with Gasteiger partial charge in [-0.2, -0.15) is 11.3 Å². The van der Waals surface area contributed by atoms with Gasteiger partial charge in [-0.1, -0.05) is 12.1 Å². The predicted molar refractivity (Wildman–Crippen MR) is 93.0 cm³/mol. The molecule has 2 rings (SSSR count). The third kappa shape index (κ3) is 6.00. The van der Waals surface area contributed by atoms with Crippen LogP contribution in [0, 0.1) is 5.82 Å². The molecule has 3 N–H and O–H groups in total. The maximum atomic E-state index is 13.4. The minimum atomic E-state index is -0.592. The summed E-state index contributed by atoms with van der Waals surface area (Å²) < 4.78 is 13.4. The van der Waals surface area contributed by atoms with Crippen molar-refractivity contribution in [3.8, 4) is 0 Å². The summed E-state index contributed by atoms with van der Waals surface area (Å²) >= 11 is 1.42. The van der Waals surface area contributed by atoms with Crippen molar-refractivity contribution in [1.29, 1.82) is 0 Å². The molecule has 0 saturated heterocycles. The SMILES string of the molecule is O=C(CCNC(=O)c1ccsc1)NCCNC(=O)c1ccccc1F. The van der Waals surface area contributed by atoms with E-state index in [0.717, 1.165) is 0 Å². The highest BCUT2D eigenvalue weighted by Gasteiger charge is 2.10. The van der Waals surface area contributed by atoms with Gasteiger partial charge < -0.3 is 16.0 Å². The highest BCUT2D eigenvalue weighted by atomic mass is 32.1. The van der Waals surface area contributed by atoms with Crippen LogP contribution in [0.15, 0.2) is 41.1 Å². The molecule has 1 heterocycles. The van der Waals surface area contributed by atoms with Gasteiger partial charge in [0.15, 0.2) is 0 Å². The van der Waals surface area contributed by atoms with Crippen LogP contribution in [0.3, 0.4) is 0 Å². The molecule has 0 spiro atoms. The van der Waals surface area contributed by atoms with Gasteiger partial charge in [0.2, 0.25) is 5.91 Å². The summed E-state index contributed by atoms with van der Waals surface area (Å²) in [7, 11) is 0. The molecule has 3 amide bonds. The molecule has 6 nitrogen and oxygen atoms in total. The molecule has 0 fully saturated rings. The molecular weight excluding hydrogens is 345 g/mol. The Kier molecular flexibility index (Phi) is 7.09. The van der Waals surface area contributed by atoms with Crippen molar-refractivity contribution in [2.45, 2.75) is 6.42 Å². The molecule has 1 aromatic carbocycles. The summed E-state index contributed by atoms with van der Waals surface area (Å²) in [4.78, 5) is 35.1. The Morgan fingerprint density at radius 1 is 0.920 bits per heavy atom. The zero-order valence-corrected chi connectivity index (χ0v) is 14.2. The van der Waals surface area contributed by atoms with E-state index in [4.69, 9.17) is 0 Å². The molecule has 8 heteroatoms. The van der Waals surface area contributed by atoms with Crippen LogP contribution in [0.4, 0.5) is 4.39 Å². The fraction of sp³-hybridized carbons (Fsp3) is 0.235. The van der Waals surface area contributed by atoms with Crippen molar-refractivity contribution in [3.63, 3.8) is 0 Å². The van der Waals surface area contributed by atoms with E-state index in [1.54, 1.807) is 22.9 Å². The third-order valence-corrected chi connectivity index (χ3v) is 3.96. The molecule has 25 heavy (non-hydrogen) atoms. The first-order valence-corrected chi connectivity index (χ1v) is 8.62. The van der Waals surface area contributed by atoms with Gasteiger partial charge in [-0.05, 0) is 23.6 Å². The molecule has 0 saturated carbocycles. The van der Waals surface area contributed by atoms with E-state index in [2.05, 4.69) is 16.0 Å². The number of carbonyl (C=O) groups excluding carboxylic acids is 3. The molecule has 0 bridgehead atoms. The van der Waals surface area contributed by atoms with Gasteiger partial charge in [0.05, 0.1) is 5.56 Å². The lowest BCUT2D eigenvalue weighted by Crippen LogP contribution is -2.36. The van der Waals surface area contributed by atoms with Crippen LogP contribution in [0.5, 0.6) is 0 Å². The Morgan fingerprint density at radius 2 is 1.64 bits per heavy atom. The Morgan fingerprint density at radius 3 is 2.36 bits per heavy atom. The molecule has 0 aliphatic rings. The van der Waals surface area contributed by atoms with E-state index < -0.39 is 11.7 Å². The molecule has 132 valence electrons. The summed E-state index contributed by atoms with van der Waals surface area (Å²) in [5, 5.41) is 11.3. The fourth-order valence-corrected chi connectivity index (χ4v) is 2.63. The average molecular weight is 363 g/mol. The van der Waals surface area contributed by atoms with Crippen LogP contribution >= 0.6 is 11.3 Å². The standard InChI is InChI=1S/C17H18FN3O3S/c18-14-4-2-1-3-13(14)17(24)21-9-8-19-15(22)5-7-20-16(23)12-6-10-25-11-12/h1-4,6,10-11H,5,7-9H2,(H,19,22)(H,20,23)(H,21,24). The van der Waals surface area contributed by atoms with Gasteiger partial charge in [-0.3, -0.25) is 14.4 Å². The van der Waals surface area contributed by atoms with Crippen LogP contribution in [-0.2, 0) is 4.79 Å². The highest BCUT2D eigenvalue weighted by Crippen LogP contribution is 2.06. The second-order valence-electron chi connectivity index (χ2n) is 5.10.